The molecule has 2 fully saturated rings. The Bertz CT molecular complexity index is 239. The molecule has 0 aromatic heterocycles. The van der Waals surface area contributed by atoms with Gasteiger partial charge in [-0.1, -0.05) is 26.2 Å². The summed E-state index contributed by atoms with van der Waals surface area (Å²) in [6.07, 6.45) is 9.67. The van der Waals surface area contributed by atoms with E-state index < -0.39 is 0 Å². The minimum atomic E-state index is 0.728. The van der Waals surface area contributed by atoms with Gasteiger partial charge in [-0.05, 0) is 51.2 Å². The molecule has 19 heavy (non-hydrogen) atoms. The van der Waals surface area contributed by atoms with E-state index in [0.717, 1.165) is 31.2 Å². The van der Waals surface area contributed by atoms with E-state index in [9.17, 15) is 0 Å². The van der Waals surface area contributed by atoms with E-state index >= 15 is 0 Å². The Kier molecular flexibility index (Phi) is 6.62. The Labute approximate surface area is 119 Å². The summed E-state index contributed by atoms with van der Waals surface area (Å²) in [4.78, 5) is 2.77. The fraction of sp³-hybridized carbons (Fsp3) is 1.00. The van der Waals surface area contributed by atoms with Crippen molar-refractivity contribution in [3.8, 4) is 0 Å². The van der Waals surface area contributed by atoms with Gasteiger partial charge in [0.15, 0.2) is 0 Å². The molecule has 2 rings (SSSR count). The number of methoxy groups -OCH3 is 1. The molecule has 0 radical (unpaired) electrons. The molecule has 0 amide bonds. The molecule has 1 heterocycles. The average Bonchev–Trinajstić information content (AvgIpc) is 2.66. The minimum absolute atomic E-state index is 0.728. The molecule has 1 aliphatic heterocycles. The molecular weight excluding hydrogens is 236 g/mol. The van der Waals surface area contributed by atoms with E-state index in [1.165, 1.54) is 58.0 Å². The second kappa shape index (κ2) is 8.23. The SMILES string of the molecule is CCNC1CCCCCC1N1CCC(COC)CC1. The van der Waals surface area contributed by atoms with Gasteiger partial charge in [-0.2, -0.15) is 0 Å². The molecule has 0 aromatic rings. The standard InChI is InChI=1S/C16H32N2O/c1-3-17-15-7-5-4-6-8-16(15)18-11-9-14(10-12-18)13-19-2/h14-17H,3-13H2,1-2H3. The lowest BCUT2D eigenvalue weighted by Gasteiger charge is -2.41. The molecule has 0 aromatic carbocycles. The van der Waals surface area contributed by atoms with E-state index in [1.54, 1.807) is 0 Å². The maximum absolute atomic E-state index is 5.31. The highest BCUT2D eigenvalue weighted by Gasteiger charge is 2.30. The van der Waals surface area contributed by atoms with Crippen LogP contribution in [0.1, 0.15) is 51.9 Å². The van der Waals surface area contributed by atoms with Gasteiger partial charge in [-0.25, -0.2) is 0 Å². The third-order valence-corrected chi connectivity index (χ3v) is 4.97. The van der Waals surface area contributed by atoms with Gasteiger partial charge in [-0.15, -0.1) is 0 Å². The Hall–Kier alpha value is -0.120. The topological polar surface area (TPSA) is 24.5 Å². The van der Waals surface area contributed by atoms with Crippen molar-refractivity contribution in [2.45, 2.75) is 64.0 Å². The van der Waals surface area contributed by atoms with Gasteiger partial charge in [-0.3, -0.25) is 4.90 Å². The zero-order valence-electron chi connectivity index (χ0n) is 12.9. The van der Waals surface area contributed by atoms with Crippen LogP contribution in [0.5, 0.6) is 0 Å². The van der Waals surface area contributed by atoms with Crippen molar-refractivity contribution >= 4 is 0 Å². The van der Waals surface area contributed by atoms with Crippen LogP contribution in [0, 0.1) is 5.92 Å². The predicted molar refractivity (Wildman–Crippen MR) is 80.5 cm³/mol. The van der Waals surface area contributed by atoms with Gasteiger partial charge in [0.05, 0.1) is 0 Å². The van der Waals surface area contributed by atoms with Crippen LogP contribution in [-0.2, 0) is 4.74 Å². The molecule has 2 unspecified atom stereocenters. The van der Waals surface area contributed by atoms with Gasteiger partial charge >= 0.3 is 0 Å². The van der Waals surface area contributed by atoms with Crippen molar-refractivity contribution in [3.63, 3.8) is 0 Å². The number of nitrogens with zero attached hydrogens (tertiary/aromatic N) is 1. The van der Waals surface area contributed by atoms with Gasteiger partial charge < -0.3 is 10.1 Å². The third kappa shape index (κ3) is 4.44. The van der Waals surface area contributed by atoms with Crippen molar-refractivity contribution in [2.75, 3.05) is 33.4 Å². The van der Waals surface area contributed by atoms with Crippen LogP contribution in [0.25, 0.3) is 0 Å². The average molecular weight is 268 g/mol. The van der Waals surface area contributed by atoms with Gasteiger partial charge in [0.2, 0.25) is 0 Å². The monoisotopic (exact) mass is 268 g/mol. The lowest BCUT2D eigenvalue weighted by Crippen LogP contribution is -2.52. The highest BCUT2D eigenvalue weighted by Crippen LogP contribution is 2.27. The Balaban J connectivity index is 1.87. The summed E-state index contributed by atoms with van der Waals surface area (Å²) in [6, 6.07) is 1.51. The van der Waals surface area contributed by atoms with Crippen LogP contribution >= 0.6 is 0 Å². The van der Waals surface area contributed by atoms with Crippen LogP contribution in [0.3, 0.4) is 0 Å². The van der Waals surface area contributed by atoms with Crippen molar-refractivity contribution in [1.29, 1.82) is 0 Å². The van der Waals surface area contributed by atoms with Crippen molar-refractivity contribution in [2.24, 2.45) is 5.92 Å². The highest BCUT2D eigenvalue weighted by atomic mass is 16.5. The van der Waals surface area contributed by atoms with E-state index in [0.29, 0.717) is 0 Å². The molecule has 1 aliphatic carbocycles. The zero-order valence-corrected chi connectivity index (χ0v) is 12.9. The summed E-state index contributed by atoms with van der Waals surface area (Å²) >= 11 is 0. The molecule has 3 heteroatoms. The van der Waals surface area contributed by atoms with Crippen LogP contribution in [0.2, 0.25) is 0 Å². The minimum Gasteiger partial charge on any atom is -0.384 e. The molecule has 1 saturated carbocycles. The molecular formula is C16H32N2O. The normalized spacial score (nSPS) is 31.3. The zero-order chi connectivity index (χ0) is 13.5. The largest absolute Gasteiger partial charge is 0.384 e. The number of rotatable bonds is 5. The second-order valence-corrected chi connectivity index (χ2v) is 6.30. The molecule has 1 N–H and O–H groups in total. The Morgan fingerprint density at radius 3 is 2.47 bits per heavy atom. The highest BCUT2D eigenvalue weighted by molar-refractivity contribution is 4.88. The maximum Gasteiger partial charge on any atom is 0.0491 e. The van der Waals surface area contributed by atoms with Crippen molar-refractivity contribution < 1.29 is 4.74 Å². The molecule has 112 valence electrons. The maximum atomic E-state index is 5.31. The summed E-state index contributed by atoms with van der Waals surface area (Å²) in [5.74, 6) is 0.796. The first-order valence-corrected chi connectivity index (χ1v) is 8.31. The van der Waals surface area contributed by atoms with Gasteiger partial charge in [0.1, 0.15) is 0 Å². The second-order valence-electron chi connectivity index (χ2n) is 6.30. The number of piperidine rings is 1. The number of ether oxygens (including phenoxy) is 1. The first-order chi connectivity index (χ1) is 9.35. The van der Waals surface area contributed by atoms with Crippen LogP contribution in [0.15, 0.2) is 0 Å². The van der Waals surface area contributed by atoms with Crippen LogP contribution < -0.4 is 5.32 Å². The van der Waals surface area contributed by atoms with E-state index in [4.69, 9.17) is 4.74 Å². The lowest BCUT2D eigenvalue weighted by atomic mass is 9.93. The summed E-state index contributed by atoms with van der Waals surface area (Å²) < 4.78 is 5.31. The first kappa shape index (κ1) is 15.3. The summed E-state index contributed by atoms with van der Waals surface area (Å²) in [5.41, 5.74) is 0. The number of likely N-dealkylation sites (tertiary alicyclic amines) is 1. The number of nitrogens with one attached hydrogen (secondary N) is 1. The summed E-state index contributed by atoms with van der Waals surface area (Å²) in [7, 11) is 1.83. The number of hydrogen-bond acceptors (Lipinski definition) is 3. The lowest BCUT2D eigenvalue weighted by molar-refractivity contribution is 0.0656. The van der Waals surface area contributed by atoms with Gasteiger partial charge in [0.25, 0.3) is 0 Å². The van der Waals surface area contributed by atoms with Crippen molar-refractivity contribution in [1.82, 2.24) is 10.2 Å². The Morgan fingerprint density at radius 2 is 1.79 bits per heavy atom. The molecule has 2 atom stereocenters. The van der Waals surface area contributed by atoms with Crippen molar-refractivity contribution in [3.05, 3.63) is 0 Å². The quantitative estimate of drug-likeness (QED) is 0.776. The Morgan fingerprint density at radius 1 is 1.05 bits per heavy atom. The number of hydrogen-bond donors (Lipinski definition) is 1. The molecule has 3 nitrogen and oxygen atoms in total. The summed E-state index contributed by atoms with van der Waals surface area (Å²) in [6.45, 7) is 6.87. The van der Waals surface area contributed by atoms with Crippen LogP contribution in [-0.4, -0.2) is 50.3 Å². The molecule has 0 bridgehead atoms. The van der Waals surface area contributed by atoms with E-state index in [2.05, 4.69) is 17.1 Å². The van der Waals surface area contributed by atoms with Crippen LogP contribution in [0.4, 0.5) is 0 Å². The third-order valence-electron chi connectivity index (χ3n) is 4.97. The van der Waals surface area contributed by atoms with Gasteiger partial charge in [0, 0.05) is 25.8 Å². The number of likely N-dealkylation sites (N-methyl/N-ethyl adjacent to an activating group) is 1. The summed E-state index contributed by atoms with van der Waals surface area (Å²) in [5, 5.41) is 3.74. The fourth-order valence-corrected chi connectivity index (χ4v) is 3.91. The fourth-order valence-electron chi connectivity index (χ4n) is 3.91. The first-order valence-electron chi connectivity index (χ1n) is 8.31. The predicted octanol–water partition coefficient (Wildman–Crippen LogP) is 2.66. The van der Waals surface area contributed by atoms with E-state index in [-0.39, 0.29) is 0 Å². The molecule has 1 saturated heterocycles. The molecule has 2 aliphatic rings. The smallest absolute Gasteiger partial charge is 0.0491 e. The molecule has 0 spiro atoms. The van der Waals surface area contributed by atoms with E-state index in [1.807, 2.05) is 7.11 Å².